The van der Waals surface area contributed by atoms with Gasteiger partial charge in [-0.3, -0.25) is 0 Å². The zero-order valence-corrected chi connectivity index (χ0v) is 13.8. The highest BCUT2D eigenvalue weighted by atomic mass is 79.9. The molecular weight excluding hydrogens is 396 g/mol. The molecule has 100 valence electrons. The Balaban J connectivity index is 2.27. The predicted octanol–water partition coefficient (Wildman–Crippen LogP) is 5.25. The van der Waals surface area contributed by atoms with E-state index < -0.39 is 0 Å². The summed E-state index contributed by atoms with van der Waals surface area (Å²) in [6.07, 6.45) is 0.525. The van der Waals surface area contributed by atoms with E-state index in [0.717, 1.165) is 20.1 Å². The summed E-state index contributed by atoms with van der Waals surface area (Å²) in [6, 6.07) is 9.80. The number of halogens is 4. The van der Waals surface area contributed by atoms with Gasteiger partial charge in [-0.2, -0.15) is 0 Å². The first-order chi connectivity index (χ1) is 8.97. The SMILES string of the molecule is NC(Cc1cc(F)ccc1Br)c1cc(Cl)ccc1Br. The molecule has 5 heteroatoms. The Kier molecular flexibility index (Phi) is 5.01. The second kappa shape index (κ2) is 6.35. The highest BCUT2D eigenvalue weighted by Gasteiger charge is 2.13. The first-order valence-electron chi connectivity index (χ1n) is 5.62. The molecule has 2 N–H and O–H groups in total. The van der Waals surface area contributed by atoms with E-state index in [2.05, 4.69) is 31.9 Å². The normalized spacial score (nSPS) is 12.5. The van der Waals surface area contributed by atoms with Gasteiger partial charge in [0.1, 0.15) is 5.82 Å². The van der Waals surface area contributed by atoms with Gasteiger partial charge in [0.2, 0.25) is 0 Å². The standard InChI is InChI=1S/C14H11Br2ClFN/c15-12-4-2-10(18)5-8(12)6-14(19)11-7-9(17)1-3-13(11)16/h1-5,7,14H,6,19H2. The van der Waals surface area contributed by atoms with E-state index in [1.165, 1.54) is 12.1 Å². The smallest absolute Gasteiger partial charge is 0.123 e. The molecule has 1 nitrogen and oxygen atoms in total. The number of nitrogens with two attached hydrogens (primary N) is 1. The van der Waals surface area contributed by atoms with Crippen molar-refractivity contribution in [3.8, 4) is 0 Å². The molecule has 0 bridgehead atoms. The lowest BCUT2D eigenvalue weighted by molar-refractivity contribution is 0.621. The lowest BCUT2D eigenvalue weighted by Gasteiger charge is -2.15. The zero-order valence-electron chi connectivity index (χ0n) is 9.84. The van der Waals surface area contributed by atoms with E-state index >= 15 is 0 Å². The fourth-order valence-corrected chi connectivity index (χ4v) is 2.98. The van der Waals surface area contributed by atoms with E-state index in [4.69, 9.17) is 17.3 Å². The van der Waals surface area contributed by atoms with Gasteiger partial charge in [-0.1, -0.05) is 43.5 Å². The third kappa shape index (κ3) is 3.78. The molecule has 0 saturated carbocycles. The quantitative estimate of drug-likeness (QED) is 0.739. The summed E-state index contributed by atoms with van der Waals surface area (Å²) in [7, 11) is 0. The molecule has 2 aromatic rings. The van der Waals surface area contributed by atoms with Gasteiger partial charge in [-0.25, -0.2) is 4.39 Å². The molecule has 0 aliphatic rings. The molecule has 0 aliphatic heterocycles. The van der Waals surface area contributed by atoms with Crippen molar-refractivity contribution in [2.45, 2.75) is 12.5 Å². The summed E-state index contributed by atoms with van der Waals surface area (Å²) in [5.41, 5.74) is 7.92. The average Bonchev–Trinajstić information content (AvgIpc) is 2.36. The van der Waals surface area contributed by atoms with E-state index in [-0.39, 0.29) is 11.9 Å². The Morgan fingerprint density at radius 3 is 2.53 bits per heavy atom. The summed E-state index contributed by atoms with van der Waals surface area (Å²) >= 11 is 12.8. The van der Waals surface area contributed by atoms with Crippen molar-refractivity contribution in [3.05, 3.63) is 67.3 Å². The molecule has 0 amide bonds. The highest BCUT2D eigenvalue weighted by Crippen LogP contribution is 2.29. The molecule has 0 fully saturated rings. The lowest BCUT2D eigenvalue weighted by Crippen LogP contribution is -2.14. The van der Waals surface area contributed by atoms with Gasteiger partial charge >= 0.3 is 0 Å². The van der Waals surface area contributed by atoms with Crippen molar-refractivity contribution in [2.24, 2.45) is 5.73 Å². The summed E-state index contributed by atoms with van der Waals surface area (Å²) in [5.74, 6) is -0.268. The third-order valence-corrected chi connectivity index (χ3v) is 4.54. The van der Waals surface area contributed by atoms with Crippen molar-refractivity contribution in [3.63, 3.8) is 0 Å². The van der Waals surface area contributed by atoms with Gasteiger partial charge < -0.3 is 5.73 Å². The van der Waals surface area contributed by atoms with Crippen molar-refractivity contribution < 1.29 is 4.39 Å². The molecule has 2 rings (SSSR count). The Labute approximate surface area is 133 Å². The fourth-order valence-electron chi connectivity index (χ4n) is 1.85. The van der Waals surface area contributed by atoms with Crippen LogP contribution in [-0.4, -0.2) is 0 Å². The van der Waals surface area contributed by atoms with Gasteiger partial charge in [0.15, 0.2) is 0 Å². The Morgan fingerprint density at radius 2 is 1.79 bits per heavy atom. The first kappa shape index (κ1) is 15.0. The molecule has 0 saturated heterocycles. The minimum absolute atomic E-state index is 0.258. The van der Waals surface area contributed by atoms with Crippen LogP contribution in [0.3, 0.4) is 0 Å². The third-order valence-electron chi connectivity index (χ3n) is 2.81. The van der Waals surface area contributed by atoms with Crippen LogP contribution in [0.4, 0.5) is 4.39 Å². The number of hydrogen-bond donors (Lipinski definition) is 1. The van der Waals surface area contributed by atoms with Crippen LogP contribution < -0.4 is 5.73 Å². The van der Waals surface area contributed by atoms with Crippen LogP contribution in [0.2, 0.25) is 5.02 Å². The highest BCUT2D eigenvalue weighted by molar-refractivity contribution is 9.10. The second-order valence-corrected chi connectivity index (χ2v) is 6.36. The van der Waals surface area contributed by atoms with Crippen LogP contribution >= 0.6 is 43.5 Å². The summed E-state index contributed by atoms with van der Waals surface area (Å²) in [5, 5.41) is 0.631. The largest absolute Gasteiger partial charge is 0.324 e. The monoisotopic (exact) mass is 405 g/mol. The summed E-state index contributed by atoms with van der Waals surface area (Å²) in [6.45, 7) is 0. The van der Waals surface area contributed by atoms with Crippen LogP contribution in [0.25, 0.3) is 0 Å². The van der Waals surface area contributed by atoms with Crippen molar-refractivity contribution in [1.82, 2.24) is 0 Å². The second-order valence-electron chi connectivity index (χ2n) is 4.21. The molecule has 0 radical (unpaired) electrons. The number of benzene rings is 2. The average molecular weight is 408 g/mol. The van der Waals surface area contributed by atoms with Crippen molar-refractivity contribution in [2.75, 3.05) is 0 Å². The van der Waals surface area contributed by atoms with Gasteiger partial charge in [0.05, 0.1) is 0 Å². The zero-order chi connectivity index (χ0) is 14.0. The van der Waals surface area contributed by atoms with Gasteiger partial charge in [0.25, 0.3) is 0 Å². The molecule has 0 spiro atoms. The van der Waals surface area contributed by atoms with E-state index in [1.807, 2.05) is 12.1 Å². The minimum Gasteiger partial charge on any atom is -0.324 e. The lowest BCUT2D eigenvalue weighted by atomic mass is 10.00. The summed E-state index contributed by atoms with van der Waals surface area (Å²) in [4.78, 5) is 0. The van der Waals surface area contributed by atoms with Crippen LogP contribution in [-0.2, 0) is 6.42 Å². The van der Waals surface area contributed by atoms with Gasteiger partial charge in [-0.05, 0) is 53.9 Å². The Bertz CT molecular complexity index is 604. The minimum atomic E-state index is -0.268. The van der Waals surface area contributed by atoms with Crippen LogP contribution in [0.5, 0.6) is 0 Å². The maximum atomic E-state index is 13.3. The first-order valence-corrected chi connectivity index (χ1v) is 7.58. The van der Waals surface area contributed by atoms with Crippen LogP contribution in [0, 0.1) is 5.82 Å². The van der Waals surface area contributed by atoms with Gasteiger partial charge in [-0.15, -0.1) is 0 Å². The van der Waals surface area contributed by atoms with Crippen molar-refractivity contribution >= 4 is 43.5 Å². The van der Waals surface area contributed by atoms with E-state index in [1.54, 1.807) is 12.1 Å². The molecule has 0 heterocycles. The molecule has 19 heavy (non-hydrogen) atoms. The van der Waals surface area contributed by atoms with Crippen LogP contribution in [0.1, 0.15) is 17.2 Å². The maximum Gasteiger partial charge on any atom is 0.123 e. The molecule has 1 unspecified atom stereocenters. The number of hydrogen-bond acceptors (Lipinski definition) is 1. The van der Waals surface area contributed by atoms with E-state index in [9.17, 15) is 4.39 Å². The predicted molar refractivity (Wildman–Crippen MR) is 83.9 cm³/mol. The van der Waals surface area contributed by atoms with E-state index in [0.29, 0.717) is 11.4 Å². The molecule has 0 aromatic heterocycles. The van der Waals surface area contributed by atoms with Crippen molar-refractivity contribution in [1.29, 1.82) is 0 Å². The van der Waals surface area contributed by atoms with Gasteiger partial charge in [0, 0.05) is 20.0 Å². The summed E-state index contributed by atoms with van der Waals surface area (Å²) < 4.78 is 15.0. The van der Waals surface area contributed by atoms with Crippen LogP contribution in [0.15, 0.2) is 45.3 Å². The topological polar surface area (TPSA) is 26.0 Å². The Hall–Kier alpha value is -0.420. The molecule has 0 aliphatic carbocycles. The molecular formula is C14H11Br2ClFN. The maximum absolute atomic E-state index is 13.3. The Morgan fingerprint density at radius 1 is 1.11 bits per heavy atom. The fraction of sp³-hybridized carbons (Fsp3) is 0.143. The number of rotatable bonds is 3. The molecule has 2 aromatic carbocycles. The molecule has 1 atom stereocenters.